The smallest absolute Gasteiger partial charge is 0.314 e. The molecule has 0 aliphatic carbocycles. The summed E-state index contributed by atoms with van der Waals surface area (Å²) in [5.41, 5.74) is 1.74. The van der Waals surface area contributed by atoms with Crippen molar-refractivity contribution < 1.29 is 22.0 Å². The zero-order valence-corrected chi connectivity index (χ0v) is 16.7. The Balaban J connectivity index is 1.62. The maximum absolute atomic E-state index is 13.2. The van der Waals surface area contributed by atoms with E-state index in [0.29, 0.717) is 16.6 Å². The summed E-state index contributed by atoms with van der Waals surface area (Å²) in [6, 6.07) is 5.16. The van der Waals surface area contributed by atoms with Gasteiger partial charge in [0.2, 0.25) is 9.84 Å². The van der Waals surface area contributed by atoms with Crippen LogP contribution in [0, 0.1) is 5.82 Å². The Kier molecular flexibility index (Phi) is 4.82. The molecule has 0 fully saturated rings. The summed E-state index contributed by atoms with van der Waals surface area (Å²) in [6.07, 6.45) is 6.66. The van der Waals surface area contributed by atoms with Gasteiger partial charge in [0, 0.05) is 17.8 Å². The second-order valence-corrected chi connectivity index (χ2v) is 8.55. The molecule has 4 rings (SSSR count). The van der Waals surface area contributed by atoms with Crippen molar-refractivity contribution in [1.82, 2.24) is 25.1 Å². The first-order chi connectivity index (χ1) is 14.2. The van der Waals surface area contributed by atoms with Crippen LogP contribution >= 0.6 is 0 Å². The minimum atomic E-state index is -3.59. The van der Waals surface area contributed by atoms with Crippen LogP contribution in [0.5, 0.6) is 0 Å². The van der Waals surface area contributed by atoms with Gasteiger partial charge in [0.05, 0.1) is 35.2 Å². The van der Waals surface area contributed by atoms with Crippen molar-refractivity contribution in [2.75, 3.05) is 6.26 Å². The third-order valence-corrected chi connectivity index (χ3v) is 5.24. The minimum Gasteiger partial charge on any atom is -0.436 e. The number of carbonyl (C=O) groups is 1. The van der Waals surface area contributed by atoms with E-state index in [4.69, 9.17) is 4.42 Å². The van der Waals surface area contributed by atoms with Crippen molar-refractivity contribution in [2.45, 2.75) is 18.2 Å². The van der Waals surface area contributed by atoms with E-state index in [2.05, 4.69) is 20.4 Å². The van der Waals surface area contributed by atoms with E-state index in [1.807, 2.05) is 0 Å². The van der Waals surface area contributed by atoms with E-state index in [9.17, 15) is 17.6 Å². The minimum absolute atomic E-state index is 0.269. The second-order valence-electron chi connectivity index (χ2n) is 6.66. The van der Waals surface area contributed by atoms with Gasteiger partial charge in [-0.1, -0.05) is 0 Å². The van der Waals surface area contributed by atoms with E-state index in [-0.39, 0.29) is 17.1 Å². The Morgan fingerprint density at radius 3 is 2.60 bits per heavy atom. The monoisotopic (exact) mass is 429 g/mol. The van der Waals surface area contributed by atoms with Crippen molar-refractivity contribution in [2.24, 2.45) is 0 Å². The average Bonchev–Trinajstić information content (AvgIpc) is 3.36. The summed E-state index contributed by atoms with van der Waals surface area (Å²) in [6.45, 7) is 1.65. The van der Waals surface area contributed by atoms with Crippen molar-refractivity contribution in [3.8, 4) is 5.69 Å². The molecule has 30 heavy (non-hydrogen) atoms. The van der Waals surface area contributed by atoms with Gasteiger partial charge in [-0.2, -0.15) is 5.10 Å². The maximum atomic E-state index is 13.2. The van der Waals surface area contributed by atoms with Gasteiger partial charge >= 0.3 is 5.22 Å². The molecule has 3 heterocycles. The van der Waals surface area contributed by atoms with Gasteiger partial charge < -0.3 is 9.73 Å². The predicted octanol–water partition coefficient (Wildman–Crippen LogP) is 2.44. The van der Waals surface area contributed by atoms with Crippen LogP contribution in [-0.2, 0) is 9.84 Å². The van der Waals surface area contributed by atoms with Crippen LogP contribution in [0.15, 0.2) is 58.8 Å². The third kappa shape index (κ3) is 3.66. The number of sulfone groups is 1. The van der Waals surface area contributed by atoms with Gasteiger partial charge in [-0.05, 0) is 31.2 Å². The fourth-order valence-electron chi connectivity index (χ4n) is 2.90. The zero-order valence-electron chi connectivity index (χ0n) is 15.9. The molecule has 0 unspecified atom stereocenters. The van der Waals surface area contributed by atoms with Crippen molar-refractivity contribution in [3.63, 3.8) is 0 Å². The Labute approximate surface area is 170 Å². The van der Waals surface area contributed by atoms with E-state index in [1.54, 1.807) is 29.9 Å². The van der Waals surface area contributed by atoms with Gasteiger partial charge in [-0.15, -0.1) is 0 Å². The number of benzene rings is 1. The number of pyridine rings is 1. The summed E-state index contributed by atoms with van der Waals surface area (Å²) < 4.78 is 42.7. The highest BCUT2D eigenvalue weighted by Gasteiger charge is 2.21. The molecule has 0 saturated carbocycles. The number of oxazole rings is 1. The molecule has 1 amide bonds. The van der Waals surface area contributed by atoms with Crippen LogP contribution < -0.4 is 5.32 Å². The summed E-state index contributed by atoms with van der Waals surface area (Å²) in [5, 5.41) is 7.17. The molecule has 4 aromatic rings. The standard InChI is InChI=1S/C19H16FN5O4S/c1-11(16-10-29-19(24-16)30(2,27)28)23-18(26)15-7-21-9-17-14(15)8-22-25(17)13-5-3-12(20)4-6-13/h3-11H,1-2H3,(H,23,26)/t11-/m0/s1. The maximum Gasteiger partial charge on any atom is 0.314 e. The zero-order chi connectivity index (χ0) is 21.5. The fraction of sp³-hybridized carbons (Fsp3) is 0.158. The molecule has 1 aromatic carbocycles. The predicted molar refractivity (Wildman–Crippen MR) is 104 cm³/mol. The number of carbonyl (C=O) groups excluding carboxylic acids is 1. The first-order valence-electron chi connectivity index (χ1n) is 8.78. The summed E-state index contributed by atoms with van der Waals surface area (Å²) in [5.74, 6) is -0.808. The Morgan fingerprint density at radius 2 is 1.93 bits per heavy atom. The molecule has 0 spiro atoms. The van der Waals surface area contributed by atoms with E-state index >= 15 is 0 Å². The number of nitrogens with zero attached hydrogens (tertiary/aromatic N) is 4. The lowest BCUT2D eigenvalue weighted by Crippen LogP contribution is -2.27. The van der Waals surface area contributed by atoms with E-state index in [1.165, 1.54) is 30.8 Å². The Morgan fingerprint density at radius 1 is 1.20 bits per heavy atom. The molecule has 0 saturated heterocycles. The van der Waals surface area contributed by atoms with Crippen molar-refractivity contribution >= 4 is 26.6 Å². The molecular weight excluding hydrogens is 413 g/mol. The lowest BCUT2D eigenvalue weighted by atomic mass is 10.1. The van der Waals surface area contributed by atoms with Crippen LogP contribution in [-0.4, -0.2) is 40.3 Å². The first-order valence-corrected chi connectivity index (χ1v) is 10.7. The lowest BCUT2D eigenvalue weighted by Gasteiger charge is -2.11. The molecule has 3 aromatic heterocycles. The quantitative estimate of drug-likeness (QED) is 0.517. The molecule has 154 valence electrons. The highest BCUT2D eigenvalue weighted by molar-refractivity contribution is 7.90. The van der Waals surface area contributed by atoms with Crippen LogP contribution in [0.2, 0.25) is 0 Å². The number of hydrogen-bond acceptors (Lipinski definition) is 7. The number of amides is 1. The van der Waals surface area contributed by atoms with Crippen molar-refractivity contribution in [1.29, 1.82) is 0 Å². The molecule has 9 nitrogen and oxygen atoms in total. The van der Waals surface area contributed by atoms with Gasteiger partial charge in [-0.3, -0.25) is 9.78 Å². The van der Waals surface area contributed by atoms with Crippen LogP contribution in [0.25, 0.3) is 16.6 Å². The average molecular weight is 429 g/mol. The largest absolute Gasteiger partial charge is 0.436 e. The summed E-state index contributed by atoms with van der Waals surface area (Å²) >= 11 is 0. The second kappa shape index (κ2) is 7.34. The number of rotatable bonds is 5. The lowest BCUT2D eigenvalue weighted by molar-refractivity contribution is 0.0940. The Hall–Kier alpha value is -3.60. The van der Waals surface area contributed by atoms with Crippen LogP contribution in [0.1, 0.15) is 29.0 Å². The number of halogens is 1. The molecule has 0 bridgehead atoms. The van der Waals surface area contributed by atoms with Gasteiger partial charge in [0.15, 0.2) is 0 Å². The van der Waals surface area contributed by atoms with Gasteiger partial charge in [-0.25, -0.2) is 22.5 Å². The van der Waals surface area contributed by atoms with Crippen LogP contribution in [0.3, 0.4) is 0 Å². The molecule has 0 aliphatic heterocycles. The SMILES string of the molecule is C[C@H](NC(=O)c1cncc2c1cnn2-c1ccc(F)cc1)c1coc(S(C)(=O)=O)n1. The fourth-order valence-corrected chi connectivity index (χ4v) is 3.39. The highest BCUT2D eigenvalue weighted by Crippen LogP contribution is 2.22. The van der Waals surface area contributed by atoms with E-state index in [0.717, 1.165) is 6.26 Å². The Bertz CT molecular complexity index is 1350. The molecule has 0 aliphatic rings. The first kappa shape index (κ1) is 19.7. The topological polar surface area (TPSA) is 120 Å². The van der Waals surface area contributed by atoms with Crippen LogP contribution in [0.4, 0.5) is 4.39 Å². The third-order valence-electron chi connectivity index (χ3n) is 4.42. The van der Waals surface area contributed by atoms with E-state index < -0.39 is 27.0 Å². The molecule has 0 radical (unpaired) electrons. The molecule has 11 heteroatoms. The summed E-state index contributed by atoms with van der Waals surface area (Å²) in [7, 11) is -3.59. The molecular formula is C19H16FN5O4S. The number of nitrogens with one attached hydrogen (secondary N) is 1. The summed E-state index contributed by atoms with van der Waals surface area (Å²) in [4.78, 5) is 20.8. The number of hydrogen-bond donors (Lipinski definition) is 1. The number of aromatic nitrogens is 4. The molecule has 1 atom stereocenters. The van der Waals surface area contributed by atoms with Gasteiger partial charge in [0.25, 0.3) is 5.91 Å². The normalized spacial score (nSPS) is 12.8. The molecule has 1 N–H and O–H groups in total. The van der Waals surface area contributed by atoms with Crippen molar-refractivity contribution in [3.05, 3.63) is 66.2 Å². The number of fused-ring (bicyclic) bond motifs is 1. The highest BCUT2D eigenvalue weighted by atomic mass is 32.2. The van der Waals surface area contributed by atoms with Gasteiger partial charge in [0.1, 0.15) is 17.8 Å².